The van der Waals surface area contributed by atoms with Gasteiger partial charge in [0.2, 0.25) is 0 Å². The predicted molar refractivity (Wildman–Crippen MR) is 46.5 cm³/mol. The Morgan fingerprint density at radius 1 is 1.33 bits per heavy atom. The fraction of sp³-hybridized carbons (Fsp3) is 0.875. The number of alkyl halides is 3. The Kier molecular flexibility index (Phi) is 4.19. The summed E-state index contributed by atoms with van der Waals surface area (Å²) in [5, 5.41) is 1.83. The molecule has 1 aliphatic rings. The molecule has 0 aromatic rings. The molecule has 1 heterocycles. The number of rotatable bonds is 1. The van der Waals surface area contributed by atoms with Gasteiger partial charge in [-0.1, -0.05) is 0 Å². The van der Waals surface area contributed by atoms with Gasteiger partial charge in [-0.15, -0.1) is 0 Å². The second-order valence-electron chi connectivity index (χ2n) is 3.23. The molecule has 88 valence electrons. The van der Waals surface area contributed by atoms with Crippen LogP contribution in [0, 0.1) is 0 Å². The normalized spacial score (nSPS) is 18.5. The van der Waals surface area contributed by atoms with Crippen molar-refractivity contribution in [2.75, 3.05) is 32.8 Å². The van der Waals surface area contributed by atoms with E-state index in [9.17, 15) is 18.0 Å². The minimum absolute atomic E-state index is 0.337. The SMILES string of the molecule is O=C(NCC(F)(F)F)N1CCCOCC1. The monoisotopic (exact) mass is 226 g/mol. The second kappa shape index (κ2) is 5.20. The van der Waals surface area contributed by atoms with Gasteiger partial charge in [0.1, 0.15) is 6.54 Å². The van der Waals surface area contributed by atoms with Gasteiger partial charge in [0.25, 0.3) is 0 Å². The molecule has 0 atom stereocenters. The molecule has 7 heteroatoms. The Morgan fingerprint density at radius 3 is 2.73 bits per heavy atom. The summed E-state index contributed by atoms with van der Waals surface area (Å²) in [6, 6.07) is -0.683. The molecule has 0 spiro atoms. The third kappa shape index (κ3) is 4.87. The summed E-state index contributed by atoms with van der Waals surface area (Å²) in [5.41, 5.74) is 0. The van der Waals surface area contributed by atoms with Gasteiger partial charge in [0.05, 0.1) is 6.61 Å². The lowest BCUT2D eigenvalue weighted by Gasteiger charge is -2.20. The van der Waals surface area contributed by atoms with Crippen LogP contribution in [0.25, 0.3) is 0 Å². The Bertz CT molecular complexity index is 212. The Labute approximate surface area is 85.4 Å². The summed E-state index contributed by atoms with van der Waals surface area (Å²) in [6.07, 6.45) is -3.71. The van der Waals surface area contributed by atoms with Gasteiger partial charge in [0, 0.05) is 19.7 Å². The molecule has 1 fully saturated rings. The highest BCUT2D eigenvalue weighted by atomic mass is 19.4. The molecule has 2 amide bonds. The van der Waals surface area contributed by atoms with Crippen molar-refractivity contribution in [2.45, 2.75) is 12.6 Å². The van der Waals surface area contributed by atoms with Crippen LogP contribution < -0.4 is 5.32 Å². The van der Waals surface area contributed by atoms with E-state index in [0.717, 1.165) is 0 Å². The maximum Gasteiger partial charge on any atom is 0.405 e. The van der Waals surface area contributed by atoms with Crippen molar-refractivity contribution in [2.24, 2.45) is 0 Å². The van der Waals surface area contributed by atoms with Gasteiger partial charge in [-0.3, -0.25) is 0 Å². The molecule has 15 heavy (non-hydrogen) atoms. The van der Waals surface area contributed by atoms with Gasteiger partial charge >= 0.3 is 12.2 Å². The third-order valence-electron chi connectivity index (χ3n) is 1.95. The van der Waals surface area contributed by atoms with Crippen LogP contribution in [0.5, 0.6) is 0 Å². The van der Waals surface area contributed by atoms with E-state index in [4.69, 9.17) is 4.74 Å². The average molecular weight is 226 g/mol. The molecule has 0 saturated carbocycles. The first kappa shape index (κ1) is 12.1. The van der Waals surface area contributed by atoms with Crippen molar-refractivity contribution in [3.8, 4) is 0 Å². The van der Waals surface area contributed by atoms with Crippen LogP contribution >= 0.6 is 0 Å². The van der Waals surface area contributed by atoms with Crippen molar-refractivity contribution in [1.82, 2.24) is 10.2 Å². The van der Waals surface area contributed by atoms with E-state index in [1.807, 2.05) is 5.32 Å². The van der Waals surface area contributed by atoms with Crippen molar-refractivity contribution in [1.29, 1.82) is 0 Å². The fourth-order valence-corrected chi connectivity index (χ4v) is 1.24. The van der Waals surface area contributed by atoms with Gasteiger partial charge in [0.15, 0.2) is 0 Å². The van der Waals surface area contributed by atoms with Crippen LogP contribution in [0.15, 0.2) is 0 Å². The number of hydrogen-bond acceptors (Lipinski definition) is 2. The van der Waals surface area contributed by atoms with E-state index in [2.05, 4.69) is 0 Å². The van der Waals surface area contributed by atoms with Crippen LogP contribution in [0.3, 0.4) is 0 Å². The first-order valence-corrected chi connectivity index (χ1v) is 4.66. The van der Waals surface area contributed by atoms with Crippen LogP contribution in [0.2, 0.25) is 0 Å². The first-order valence-electron chi connectivity index (χ1n) is 4.66. The van der Waals surface area contributed by atoms with Gasteiger partial charge in [-0.25, -0.2) is 4.79 Å². The number of carbonyl (C=O) groups is 1. The molecule has 0 aromatic heterocycles. The topological polar surface area (TPSA) is 41.6 Å². The summed E-state index contributed by atoms with van der Waals surface area (Å²) in [5.74, 6) is 0. The average Bonchev–Trinajstić information content (AvgIpc) is 2.41. The van der Waals surface area contributed by atoms with Crippen LogP contribution in [-0.4, -0.2) is 50.0 Å². The molecule has 1 N–H and O–H groups in total. The van der Waals surface area contributed by atoms with E-state index in [1.165, 1.54) is 4.90 Å². The standard InChI is InChI=1S/C8H13F3N2O2/c9-8(10,11)6-12-7(14)13-2-1-4-15-5-3-13/h1-6H2,(H,12,14). The third-order valence-corrected chi connectivity index (χ3v) is 1.95. The highest BCUT2D eigenvalue weighted by molar-refractivity contribution is 5.74. The Morgan fingerprint density at radius 2 is 2.07 bits per heavy atom. The molecular formula is C8H13F3N2O2. The summed E-state index contributed by atoms with van der Waals surface area (Å²) in [7, 11) is 0. The number of ether oxygens (including phenoxy) is 1. The lowest BCUT2D eigenvalue weighted by Crippen LogP contribution is -2.44. The highest BCUT2D eigenvalue weighted by Gasteiger charge is 2.28. The molecule has 1 aliphatic heterocycles. The number of halogens is 3. The number of hydrogen-bond donors (Lipinski definition) is 1. The highest BCUT2D eigenvalue weighted by Crippen LogP contribution is 2.12. The van der Waals surface area contributed by atoms with Gasteiger partial charge in [-0.05, 0) is 6.42 Å². The second-order valence-corrected chi connectivity index (χ2v) is 3.23. The zero-order valence-electron chi connectivity index (χ0n) is 8.14. The first-order chi connectivity index (χ1) is 6.99. The molecule has 1 rings (SSSR count). The molecule has 0 bridgehead atoms. The van der Waals surface area contributed by atoms with E-state index in [0.29, 0.717) is 32.7 Å². The number of nitrogens with one attached hydrogen (secondary N) is 1. The van der Waals surface area contributed by atoms with E-state index >= 15 is 0 Å². The fourth-order valence-electron chi connectivity index (χ4n) is 1.24. The molecule has 0 unspecified atom stereocenters. The van der Waals surface area contributed by atoms with Crippen molar-refractivity contribution in [3.05, 3.63) is 0 Å². The smallest absolute Gasteiger partial charge is 0.380 e. The quantitative estimate of drug-likeness (QED) is 0.724. The molecule has 1 saturated heterocycles. The van der Waals surface area contributed by atoms with Crippen molar-refractivity contribution in [3.63, 3.8) is 0 Å². The molecular weight excluding hydrogens is 213 g/mol. The number of amides is 2. The maximum atomic E-state index is 11.8. The summed E-state index contributed by atoms with van der Waals surface area (Å²) in [6.45, 7) is 0.402. The maximum absolute atomic E-state index is 11.8. The summed E-state index contributed by atoms with van der Waals surface area (Å²) in [4.78, 5) is 12.6. The van der Waals surface area contributed by atoms with E-state index < -0.39 is 18.8 Å². The minimum atomic E-state index is -4.36. The predicted octanol–water partition coefficient (Wildman–Crippen LogP) is 0.981. The number of nitrogens with zero attached hydrogens (tertiary/aromatic N) is 1. The van der Waals surface area contributed by atoms with Gasteiger partial charge in [-0.2, -0.15) is 13.2 Å². The Hall–Kier alpha value is -0.980. The van der Waals surface area contributed by atoms with Crippen LogP contribution in [-0.2, 0) is 4.74 Å². The molecule has 0 aliphatic carbocycles. The lowest BCUT2D eigenvalue weighted by atomic mass is 10.4. The van der Waals surface area contributed by atoms with E-state index in [-0.39, 0.29) is 0 Å². The molecule has 0 radical (unpaired) electrons. The van der Waals surface area contributed by atoms with Crippen LogP contribution in [0.4, 0.5) is 18.0 Å². The van der Waals surface area contributed by atoms with Crippen LogP contribution in [0.1, 0.15) is 6.42 Å². The van der Waals surface area contributed by atoms with Gasteiger partial charge < -0.3 is 15.0 Å². The van der Waals surface area contributed by atoms with E-state index in [1.54, 1.807) is 0 Å². The van der Waals surface area contributed by atoms with Crippen molar-refractivity contribution < 1.29 is 22.7 Å². The minimum Gasteiger partial charge on any atom is -0.380 e. The Balaban J connectivity index is 2.32. The zero-order chi connectivity index (χ0) is 11.3. The zero-order valence-corrected chi connectivity index (χ0v) is 8.14. The lowest BCUT2D eigenvalue weighted by molar-refractivity contribution is -0.123. The number of urea groups is 1. The molecule has 0 aromatic carbocycles. The van der Waals surface area contributed by atoms with Crippen molar-refractivity contribution >= 4 is 6.03 Å². The molecule has 4 nitrogen and oxygen atoms in total. The summed E-state index contributed by atoms with van der Waals surface area (Å²) < 4.78 is 40.5. The summed E-state index contributed by atoms with van der Waals surface area (Å²) >= 11 is 0. The number of carbonyl (C=O) groups excluding carboxylic acids is 1. The largest absolute Gasteiger partial charge is 0.405 e.